The van der Waals surface area contributed by atoms with Gasteiger partial charge in [0.2, 0.25) is 4.96 Å². The molecule has 8 nitrogen and oxygen atoms in total. The molecule has 0 atom stereocenters. The number of benzene rings is 2. The molecule has 4 rings (SSSR count). The van der Waals surface area contributed by atoms with Crippen molar-refractivity contribution in [1.82, 2.24) is 14.6 Å². The molecule has 0 aliphatic rings. The van der Waals surface area contributed by atoms with Crippen LogP contribution in [0.15, 0.2) is 53.3 Å². The lowest BCUT2D eigenvalue weighted by molar-refractivity contribution is -0.384. The van der Waals surface area contributed by atoms with Crippen molar-refractivity contribution >= 4 is 28.1 Å². The van der Waals surface area contributed by atoms with Crippen LogP contribution < -0.4 is 14.8 Å². The lowest BCUT2D eigenvalue weighted by atomic mass is 10.2. The van der Waals surface area contributed by atoms with Crippen LogP contribution >= 0.6 is 11.3 Å². The zero-order valence-electron chi connectivity index (χ0n) is 14.7. The van der Waals surface area contributed by atoms with Gasteiger partial charge in [0.15, 0.2) is 5.82 Å². The molecule has 0 aliphatic heterocycles. The maximum atomic E-state index is 12.6. The van der Waals surface area contributed by atoms with Gasteiger partial charge in [-0.2, -0.15) is 9.50 Å². The number of nitro groups is 1. The van der Waals surface area contributed by atoms with Crippen molar-refractivity contribution in [2.45, 2.75) is 6.92 Å². The van der Waals surface area contributed by atoms with Gasteiger partial charge in [-0.25, -0.2) is 0 Å². The Balaban J connectivity index is 1.68. The van der Waals surface area contributed by atoms with E-state index in [2.05, 4.69) is 10.1 Å². The molecule has 0 N–H and O–H groups in total. The molecule has 4 aromatic rings. The molecular formula is C19H14N4O4S. The van der Waals surface area contributed by atoms with Gasteiger partial charge in [0.25, 0.3) is 11.2 Å². The second kappa shape index (κ2) is 7.20. The first-order chi connectivity index (χ1) is 13.5. The third-order valence-corrected chi connectivity index (χ3v) is 4.97. The molecule has 0 bridgehead atoms. The highest BCUT2D eigenvalue weighted by Gasteiger charge is 2.12. The van der Waals surface area contributed by atoms with Crippen LogP contribution in [-0.4, -0.2) is 26.1 Å². The molecule has 0 radical (unpaired) electrons. The van der Waals surface area contributed by atoms with E-state index in [0.29, 0.717) is 27.5 Å². The maximum Gasteiger partial charge on any atom is 0.291 e. The standard InChI is InChI=1S/C19H14N4O4S/c1-2-27-15-9-5-13(6-10-15)17-20-19-22(21-17)18(24)16(28-19)11-12-3-7-14(8-4-12)23(25)26/h3-11H,2H2,1H3. The fourth-order valence-corrected chi connectivity index (χ4v) is 3.57. The first kappa shape index (κ1) is 17.8. The molecule has 0 saturated carbocycles. The number of hydrogen-bond donors (Lipinski definition) is 0. The molecule has 0 amide bonds. The molecule has 2 heterocycles. The summed E-state index contributed by atoms with van der Waals surface area (Å²) in [6.45, 7) is 2.51. The summed E-state index contributed by atoms with van der Waals surface area (Å²) in [6.07, 6.45) is 1.67. The Hall–Kier alpha value is -3.59. The summed E-state index contributed by atoms with van der Waals surface area (Å²) >= 11 is 1.22. The fourth-order valence-electron chi connectivity index (χ4n) is 2.67. The monoisotopic (exact) mass is 394 g/mol. The lowest BCUT2D eigenvalue weighted by Gasteiger charge is -2.02. The molecule has 2 aromatic heterocycles. The summed E-state index contributed by atoms with van der Waals surface area (Å²) < 4.78 is 7.15. The van der Waals surface area contributed by atoms with Crippen LogP contribution in [0.5, 0.6) is 5.75 Å². The zero-order chi connectivity index (χ0) is 19.7. The SMILES string of the molecule is CCOc1ccc(-c2nc3sc(=Cc4ccc([N+](=O)[O-])cc4)c(=O)n3n2)cc1. The number of non-ortho nitro benzene ring substituents is 1. The van der Waals surface area contributed by atoms with Gasteiger partial charge >= 0.3 is 0 Å². The zero-order valence-corrected chi connectivity index (χ0v) is 15.5. The number of rotatable bonds is 5. The predicted octanol–water partition coefficient (Wildman–Crippen LogP) is 2.67. The molecule has 9 heteroatoms. The molecule has 140 valence electrons. The van der Waals surface area contributed by atoms with Crippen molar-refractivity contribution in [2.24, 2.45) is 0 Å². The number of fused-ring (bicyclic) bond motifs is 1. The Morgan fingerprint density at radius 3 is 2.50 bits per heavy atom. The molecule has 0 saturated heterocycles. The summed E-state index contributed by atoms with van der Waals surface area (Å²) in [5.41, 5.74) is 1.21. The number of nitro benzene ring substituents is 1. The van der Waals surface area contributed by atoms with Crippen LogP contribution in [0.2, 0.25) is 0 Å². The highest BCUT2D eigenvalue weighted by molar-refractivity contribution is 7.15. The fraction of sp³-hybridized carbons (Fsp3) is 0.105. The van der Waals surface area contributed by atoms with Crippen LogP contribution in [0.1, 0.15) is 12.5 Å². The number of hydrogen-bond acceptors (Lipinski definition) is 7. The van der Waals surface area contributed by atoms with Gasteiger partial charge in [-0.15, -0.1) is 5.10 Å². The minimum atomic E-state index is -0.464. The predicted molar refractivity (Wildman–Crippen MR) is 106 cm³/mol. The first-order valence-corrected chi connectivity index (χ1v) is 9.26. The summed E-state index contributed by atoms with van der Waals surface area (Å²) in [6, 6.07) is 13.4. The minimum absolute atomic E-state index is 0.00198. The van der Waals surface area contributed by atoms with Gasteiger partial charge in [-0.1, -0.05) is 11.3 Å². The number of nitrogens with zero attached hydrogens (tertiary/aromatic N) is 4. The molecular weight excluding hydrogens is 380 g/mol. The van der Waals surface area contributed by atoms with Crippen LogP contribution in [0, 0.1) is 10.1 Å². The Kier molecular flexibility index (Phi) is 4.58. The quantitative estimate of drug-likeness (QED) is 0.381. The van der Waals surface area contributed by atoms with Gasteiger partial charge in [-0.3, -0.25) is 14.9 Å². The van der Waals surface area contributed by atoms with E-state index in [9.17, 15) is 14.9 Å². The van der Waals surface area contributed by atoms with Crippen molar-refractivity contribution in [2.75, 3.05) is 6.61 Å². The molecule has 2 aromatic carbocycles. The van der Waals surface area contributed by atoms with Gasteiger partial charge in [-0.05, 0) is 55.0 Å². The van der Waals surface area contributed by atoms with Crippen LogP contribution in [-0.2, 0) is 0 Å². The van der Waals surface area contributed by atoms with Crippen molar-refractivity contribution in [1.29, 1.82) is 0 Å². The third-order valence-electron chi connectivity index (χ3n) is 4.01. The topological polar surface area (TPSA) is 99.6 Å². The second-order valence-corrected chi connectivity index (χ2v) is 6.86. The van der Waals surface area contributed by atoms with Gasteiger partial charge in [0, 0.05) is 17.7 Å². The number of thiazole rings is 1. The Morgan fingerprint density at radius 1 is 1.18 bits per heavy atom. The normalized spacial score (nSPS) is 11.8. The van der Waals surface area contributed by atoms with Gasteiger partial charge in [0.05, 0.1) is 16.1 Å². The third kappa shape index (κ3) is 3.35. The Labute approximate surface area is 162 Å². The van der Waals surface area contributed by atoms with Crippen molar-refractivity contribution < 1.29 is 9.66 Å². The average molecular weight is 394 g/mol. The lowest BCUT2D eigenvalue weighted by Crippen LogP contribution is -2.23. The molecule has 0 fully saturated rings. The average Bonchev–Trinajstić information content (AvgIpc) is 3.23. The van der Waals surface area contributed by atoms with E-state index in [-0.39, 0.29) is 11.2 Å². The van der Waals surface area contributed by atoms with E-state index in [0.717, 1.165) is 11.3 Å². The van der Waals surface area contributed by atoms with E-state index >= 15 is 0 Å². The van der Waals surface area contributed by atoms with E-state index in [4.69, 9.17) is 4.74 Å². The van der Waals surface area contributed by atoms with Crippen molar-refractivity contribution in [3.63, 3.8) is 0 Å². The Bertz CT molecular complexity index is 1260. The van der Waals surface area contributed by atoms with E-state index in [1.807, 2.05) is 31.2 Å². The van der Waals surface area contributed by atoms with Crippen molar-refractivity contribution in [3.8, 4) is 17.1 Å². The Morgan fingerprint density at radius 2 is 1.89 bits per heavy atom. The smallest absolute Gasteiger partial charge is 0.291 e. The van der Waals surface area contributed by atoms with Gasteiger partial charge in [0.1, 0.15) is 5.75 Å². The summed E-state index contributed by atoms with van der Waals surface area (Å²) in [5, 5.41) is 15.0. The summed E-state index contributed by atoms with van der Waals surface area (Å²) in [7, 11) is 0. The van der Waals surface area contributed by atoms with E-state index in [1.165, 1.54) is 28.0 Å². The molecule has 0 spiro atoms. The van der Waals surface area contributed by atoms with Crippen LogP contribution in [0.3, 0.4) is 0 Å². The second-order valence-electron chi connectivity index (χ2n) is 5.85. The molecule has 28 heavy (non-hydrogen) atoms. The van der Waals surface area contributed by atoms with Crippen LogP contribution in [0.25, 0.3) is 22.4 Å². The van der Waals surface area contributed by atoms with Crippen LogP contribution in [0.4, 0.5) is 5.69 Å². The van der Waals surface area contributed by atoms with E-state index in [1.54, 1.807) is 18.2 Å². The molecule has 0 unspecified atom stereocenters. The van der Waals surface area contributed by atoms with Crippen molar-refractivity contribution in [3.05, 3.63) is 79.1 Å². The summed E-state index contributed by atoms with van der Waals surface area (Å²) in [5.74, 6) is 1.23. The number of aromatic nitrogens is 3. The highest BCUT2D eigenvalue weighted by atomic mass is 32.1. The largest absolute Gasteiger partial charge is 0.494 e. The molecule has 0 aliphatic carbocycles. The number of ether oxygens (including phenoxy) is 1. The highest BCUT2D eigenvalue weighted by Crippen LogP contribution is 2.20. The van der Waals surface area contributed by atoms with Gasteiger partial charge < -0.3 is 4.74 Å². The van der Waals surface area contributed by atoms with E-state index < -0.39 is 4.92 Å². The first-order valence-electron chi connectivity index (χ1n) is 8.44. The summed E-state index contributed by atoms with van der Waals surface area (Å²) in [4.78, 5) is 27.8. The maximum absolute atomic E-state index is 12.6. The minimum Gasteiger partial charge on any atom is -0.494 e.